The number of ether oxygens (including phenoxy) is 1. The second-order valence-electron chi connectivity index (χ2n) is 5.38. The first-order valence-corrected chi connectivity index (χ1v) is 7.26. The van der Waals surface area contributed by atoms with E-state index in [1.54, 1.807) is 19.2 Å². The highest BCUT2D eigenvalue weighted by Gasteiger charge is 2.40. The van der Waals surface area contributed by atoms with Crippen molar-refractivity contribution in [3.8, 4) is 0 Å². The molecule has 0 saturated heterocycles. The number of methoxy groups -OCH3 is 1. The van der Waals surface area contributed by atoms with Gasteiger partial charge in [0.1, 0.15) is 5.82 Å². The predicted molar refractivity (Wildman–Crippen MR) is 75.6 cm³/mol. The predicted octanol–water partition coefficient (Wildman–Crippen LogP) is 3.83. The van der Waals surface area contributed by atoms with Gasteiger partial charge in [-0.05, 0) is 37.1 Å². The molecule has 2 nitrogen and oxygen atoms in total. The molecule has 0 aliphatic heterocycles. The van der Waals surface area contributed by atoms with Gasteiger partial charge in [-0.1, -0.05) is 38.3 Å². The lowest BCUT2D eigenvalue weighted by Gasteiger charge is -2.43. The molecule has 1 unspecified atom stereocenters. The SMILES string of the molecule is CCNC(c1cccc(F)c1)C1(OC)CCCCC1. The molecule has 1 aliphatic carbocycles. The van der Waals surface area contributed by atoms with Crippen molar-refractivity contribution in [1.82, 2.24) is 5.32 Å². The molecule has 2 rings (SSSR count). The molecule has 1 aromatic carbocycles. The standard InChI is InChI=1S/C16H24FNO/c1-3-18-15(13-8-7-9-14(17)12-13)16(19-2)10-5-4-6-11-16/h7-9,12,15,18H,3-6,10-11H2,1-2H3. The fraction of sp³-hybridized carbons (Fsp3) is 0.625. The number of benzene rings is 1. The van der Waals surface area contributed by atoms with E-state index in [0.29, 0.717) is 0 Å². The van der Waals surface area contributed by atoms with Crippen LogP contribution in [-0.4, -0.2) is 19.3 Å². The van der Waals surface area contributed by atoms with E-state index in [9.17, 15) is 4.39 Å². The van der Waals surface area contributed by atoms with E-state index in [-0.39, 0.29) is 17.5 Å². The molecular formula is C16H24FNO. The monoisotopic (exact) mass is 265 g/mol. The smallest absolute Gasteiger partial charge is 0.123 e. The molecule has 19 heavy (non-hydrogen) atoms. The van der Waals surface area contributed by atoms with Crippen LogP contribution in [0.15, 0.2) is 24.3 Å². The van der Waals surface area contributed by atoms with Gasteiger partial charge in [-0.2, -0.15) is 0 Å². The summed E-state index contributed by atoms with van der Waals surface area (Å²) in [7, 11) is 1.79. The van der Waals surface area contributed by atoms with Crippen molar-refractivity contribution in [3.05, 3.63) is 35.6 Å². The summed E-state index contributed by atoms with van der Waals surface area (Å²) in [5.74, 6) is -0.178. The average molecular weight is 265 g/mol. The van der Waals surface area contributed by atoms with Gasteiger partial charge in [0, 0.05) is 7.11 Å². The summed E-state index contributed by atoms with van der Waals surface area (Å²) >= 11 is 0. The molecule has 1 aliphatic rings. The van der Waals surface area contributed by atoms with Crippen molar-refractivity contribution < 1.29 is 9.13 Å². The highest BCUT2D eigenvalue weighted by Crippen LogP contribution is 2.41. The van der Waals surface area contributed by atoms with Crippen molar-refractivity contribution in [2.75, 3.05) is 13.7 Å². The van der Waals surface area contributed by atoms with Crippen LogP contribution in [0, 0.1) is 5.82 Å². The van der Waals surface area contributed by atoms with Gasteiger partial charge in [0.05, 0.1) is 11.6 Å². The van der Waals surface area contributed by atoms with E-state index in [1.807, 2.05) is 6.07 Å². The van der Waals surface area contributed by atoms with Crippen molar-refractivity contribution in [3.63, 3.8) is 0 Å². The van der Waals surface area contributed by atoms with Gasteiger partial charge in [0.15, 0.2) is 0 Å². The summed E-state index contributed by atoms with van der Waals surface area (Å²) in [5, 5.41) is 3.50. The highest BCUT2D eigenvalue weighted by molar-refractivity contribution is 5.24. The van der Waals surface area contributed by atoms with Crippen LogP contribution in [0.1, 0.15) is 50.6 Å². The molecule has 0 bridgehead atoms. The van der Waals surface area contributed by atoms with E-state index >= 15 is 0 Å². The maximum Gasteiger partial charge on any atom is 0.123 e. The van der Waals surface area contributed by atoms with Gasteiger partial charge in [-0.15, -0.1) is 0 Å². The second kappa shape index (κ2) is 6.49. The van der Waals surface area contributed by atoms with E-state index in [4.69, 9.17) is 4.74 Å². The first kappa shape index (κ1) is 14.5. The Kier molecular flexibility index (Phi) is 4.94. The minimum absolute atomic E-state index is 0.0681. The molecule has 1 saturated carbocycles. The quantitative estimate of drug-likeness (QED) is 0.873. The van der Waals surface area contributed by atoms with Gasteiger partial charge >= 0.3 is 0 Å². The van der Waals surface area contributed by atoms with Crippen molar-refractivity contribution >= 4 is 0 Å². The maximum atomic E-state index is 13.5. The summed E-state index contributed by atoms with van der Waals surface area (Å²) in [6.45, 7) is 2.94. The van der Waals surface area contributed by atoms with Crippen LogP contribution in [0.5, 0.6) is 0 Å². The molecule has 106 valence electrons. The summed E-state index contributed by atoms with van der Waals surface area (Å²) in [4.78, 5) is 0. The molecule has 1 aromatic rings. The zero-order valence-electron chi connectivity index (χ0n) is 11.9. The minimum atomic E-state index is -0.192. The normalized spacial score (nSPS) is 20.2. The molecule has 0 amide bonds. The molecular weight excluding hydrogens is 241 g/mol. The summed E-state index contributed by atoms with van der Waals surface area (Å²) < 4.78 is 19.4. The third-order valence-electron chi connectivity index (χ3n) is 4.22. The fourth-order valence-electron chi connectivity index (χ4n) is 3.26. The molecule has 0 heterocycles. The average Bonchev–Trinajstić information content (AvgIpc) is 2.45. The Bertz CT molecular complexity index is 401. The van der Waals surface area contributed by atoms with E-state index < -0.39 is 0 Å². The van der Waals surface area contributed by atoms with Crippen molar-refractivity contribution in [1.29, 1.82) is 0 Å². The number of hydrogen-bond acceptors (Lipinski definition) is 2. The molecule has 0 radical (unpaired) electrons. The highest BCUT2D eigenvalue weighted by atomic mass is 19.1. The lowest BCUT2D eigenvalue weighted by atomic mass is 9.76. The zero-order valence-corrected chi connectivity index (χ0v) is 11.9. The molecule has 1 N–H and O–H groups in total. The summed E-state index contributed by atoms with van der Waals surface area (Å²) in [5.41, 5.74) is 0.799. The lowest BCUT2D eigenvalue weighted by molar-refractivity contribution is -0.0684. The topological polar surface area (TPSA) is 21.3 Å². The first-order valence-electron chi connectivity index (χ1n) is 7.26. The Balaban J connectivity index is 2.32. The number of likely N-dealkylation sites (N-methyl/N-ethyl adjacent to an activating group) is 1. The first-order chi connectivity index (χ1) is 9.22. The number of nitrogens with one attached hydrogen (secondary N) is 1. The minimum Gasteiger partial charge on any atom is -0.376 e. The maximum absolute atomic E-state index is 13.5. The second-order valence-corrected chi connectivity index (χ2v) is 5.38. The third kappa shape index (κ3) is 3.15. The Morgan fingerprint density at radius 3 is 2.63 bits per heavy atom. The number of halogens is 1. The van der Waals surface area contributed by atoms with E-state index in [0.717, 1.165) is 24.9 Å². The number of rotatable bonds is 5. The van der Waals surface area contributed by atoms with Gasteiger partial charge in [0.25, 0.3) is 0 Å². The Labute approximate surface area is 115 Å². The van der Waals surface area contributed by atoms with Crippen LogP contribution < -0.4 is 5.32 Å². The molecule has 0 aromatic heterocycles. The van der Waals surface area contributed by atoms with Crippen LogP contribution in [0.25, 0.3) is 0 Å². The summed E-state index contributed by atoms with van der Waals surface area (Å²) in [6, 6.07) is 6.96. The Morgan fingerprint density at radius 2 is 2.05 bits per heavy atom. The zero-order chi connectivity index (χ0) is 13.7. The van der Waals surface area contributed by atoms with E-state index in [1.165, 1.54) is 25.3 Å². The van der Waals surface area contributed by atoms with Crippen LogP contribution >= 0.6 is 0 Å². The fourth-order valence-corrected chi connectivity index (χ4v) is 3.26. The van der Waals surface area contributed by atoms with Crippen LogP contribution in [-0.2, 0) is 4.74 Å². The lowest BCUT2D eigenvalue weighted by Crippen LogP contribution is -2.47. The van der Waals surface area contributed by atoms with Gasteiger partial charge in [0.2, 0.25) is 0 Å². The number of hydrogen-bond donors (Lipinski definition) is 1. The molecule has 1 atom stereocenters. The van der Waals surface area contributed by atoms with Crippen LogP contribution in [0.2, 0.25) is 0 Å². The third-order valence-corrected chi connectivity index (χ3v) is 4.22. The van der Waals surface area contributed by atoms with E-state index in [2.05, 4.69) is 12.2 Å². The van der Waals surface area contributed by atoms with Gasteiger partial charge in [-0.25, -0.2) is 4.39 Å². The molecule has 0 spiro atoms. The van der Waals surface area contributed by atoms with Crippen LogP contribution in [0.3, 0.4) is 0 Å². The molecule has 1 fully saturated rings. The van der Waals surface area contributed by atoms with Gasteiger partial charge in [-0.3, -0.25) is 0 Å². The summed E-state index contributed by atoms with van der Waals surface area (Å²) in [6.07, 6.45) is 5.72. The van der Waals surface area contributed by atoms with Crippen molar-refractivity contribution in [2.45, 2.75) is 50.7 Å². The Morgan fingerprint density at radius 1 is 1.32 bits per heavy atom. The van der Waals surface area contributed by atoms with Gasteiger partial charge < -0.3 is 10.1 Å². The van der Waals surface area contributed by atoms with Crippen molar-refractivity contribution in [2.24, 2.45) is 0 Å². The van der Waals surface area contributed by atoms with Crippen LogP contribution in [0.4, 0.5) is 4.39 Å². The molecule has 3 heteroatoms. The largest absolute Gasteiger partial charge is 0.376 e. The Hall–Kier alpha value is -0.930.